The number of nitrogens with zero attached hydrogens (tertiary/aromatic N) is 1. The van der Waals surface area contributed by atoms with E-state index in [1.807, 2.05) is 0 Å². The molecule has 0 saturated heterocycles. The molecule has 2 nitrogen and oxygen atoms in total. The van der Waals surface area contributed by atoms with Crippen molar-refractivity contribution in [2.45, 2.75) is 78.3 Å². The van der Waals surface area contributed by atoms with Gasteiger partial charge in [-0.25, -0.2) is 0 Å². The maximum absolute atomic E-state index is 3.63. The van der Waals surface area contributed by atoms with E-state index in [1.165, 1.54) is 45.1 Å². The Morgan fingerprint density at radius 1 is 1.11 bits per heavy atom. The van der Waals surface area contributed by atoms with Gasteiger partial charge in [-0.2, -0.15) is 0 Å². The zero-order chi connectivity index (χ0) is 13.4. The predicted molar refractivity (Wildman–Crippen MR) is 81.0 cm³/mol. The summed E-state index contributed by atoms with van der Waals surface area (Å²) in [5, 5.41) is 3.63. The average molecular weight is 254 g/mol. The Morgan fingerprint density at radius 2 is 1.78 bits per heavy atom. The molecule has 0 heterocycles. The number of hydrogen-bond acceptors (Lipinski definition) is 2. The van der Waals surface area contributed by atoms with Gasteiger partial charge in [-0.05, 0) is 38.3 Å². The van der Waals surface area contributed by atoms with Gasteiger partial charge < -0.3 is 5.32 Å². The summed E-state index contributed by atoms with van der Waals surface area (Å²) in [6, 6.07) is 1.56. The van der Waals surface area contributed by atoms with Gasteiger partial charge in [0.1, 0.15) is 0 Å². The molecule has 0 amide bonds. The second-order valence-corrected chi connectivity index (χ2v) is 6.14. The SMILES string of the molecule is CCCNCC(C(C)C)N(CC)C1CCCCC1. The first-order valence-electron chi connectivity index (χ1n) is 8.17. The molecule has 18 heavy (non-hydrogen) atoms. The van der Waals surface area contributed by atoms with Gasteiger partial charge in [0.25, 0.3) is 0 Å². The largest absolute Gasteiger partial charge is 0.315 e. The van der Waals surface area contributed by atoms with Crippen LogP contribution in [0.5, 0.6) is 0 Å². The highest BCUT2D eigenvalue weighted by Gasteiger charge is 2.27. The number of nitrogens with one attached hydrogen (secondary N) is 1. The summed E-state index contributed by atoms with van der Waals surface area (Å²) < 4.78 is 0. The van der Waals surface area contributed by atoms with E-state index in [2.05, 4.69) is 37.9 Å². The van der Waals surface area contributed by atoms with Gasteiger partial charge in [-0.3, -0.25) is 4.90 Å². The smallest absolute Gasteiger partial charge is 0.0246 e. The molecule has 0 aromatic rings. The molecule has 1 aliphatic rings. The highest BCUT2D eigenvalue weighted by Crippen LogP contribution is 2.25. The normalized spacial score (nSPS) is 19.7. The van der Waals surface area contributed by atoms with Crippen molar-refractivity contribution in [3.8, 4) is 0 Å². The lowest BCUT2D eigenvalue weighted by Crippen LogP contribution is -2.51. The monoisotopic (exact) mass is 254 g/mol. The van der Waals surface area contributed by atoms with Crippen LogP contribution in [-0.2, 0) is 0 Å². The predicted octanol–water partition coefficient (Wildman–Crippen LogP) is 3.67. The zero-order valence-electron chi connectivity index (χ0n) is 13.0. The van der Waals surface area contributed by atoms with Crippen molar-refractivity contribution in [1.29, 1.82) is 0 Å². The summed E-state index contributed by atoms with van der Waals surface area (Å²) in [4.78, 5) is 2.78. The molecule has 108 valence electrons. The molecule has 2 heteroatoms. The molecule has 1 rings (SSSR count). The summed E-state index contributed by atoms with van der Waals surface area (Å²) in [6.45, 7) is 12.9. The van der Waals surface area contributed by atoms with Crippen LogP contribution in [0.4, 0.5) is 0 Å². The highest BCUT2D eigenvalue weighted by molar-refractivity contribution is 4.84. The second kappa shape index (κ2) is 8.92. The van der Waals surface area contributed by atoms with Crippen LogP contribution in [0.2, 0.25) is 0 Å². The first-order chi connectivity index (χ1) is 8.70. The molecule has 1 N–H and O–H groups in total. The first kappa shape index (κ1) is 16.0. The Kier molecular flexibility index (Phi) is 7.92. The van der Waals surface area contributed by atoms with Crippen molar-refractivity contribution in [1.82, 2.24) is 10.2 Å². The third-order valence-corrected chi connectivity index (χ3v) is 4.38. The first-order valence-corrected chi connectivity index (χ1v) is 8.17. The number of hydrogen-bond donors (Lipinski definition) is 1. The molecule has 1 fully saturated rings. The maximum atomic E-state index is 3.63. The fourth-order valence-electron chi connectivity index (χ4n) is 3.34. The van der Waals surface area contributed by atoms with E-state index in [0.717, 1.165) is 25.0 Å². The van der Waals surface area contributed by atoms with Crippen molar-refractivity contribution < 1.29 is 0 Å². The third kappa shape index (κ3) is 4.89. The van der Waals surface area contributed by atoms with E-state index in [9.17, 15) is 0 Å². The molecule has 0 radical (unpaired) electrons. The van der Waals surface area contributed by atoms with Crippen molar-refractivity contribution in [2.24, 2.45) is 5.92 Å². The van der Waals surface area contributed by atoms with Gasteiger partial charge >= 0.3 is 0 Å². The van der Waals surface area contributed by atoms with E-state index in [1.54, 1.807) is 0 Å². The minimum Gasteiger partial charge on any atom is -0.315 e. The van der Waals surface area contributed by atoms with Crippen LogP contribution >= 0.6 is 0 Å². The summed E-state index contributed by atoms with van der Waals surface area (Å²) in [6.07, 6.45) is 8.41. The van der Waals surface area contributed by atoms with E-state index >= 15 is 0 Å². The fourth-order valence-corrected chi connectivity index (χ4v) is 3.34. The number of rotatable bonds is 8. The molecule has 1 saturated carbocycles. The Bertz CT molecular complexity index is 197. The van der Waals surface area contributed by atoms with Gasteiger partial charge in [0.15, 0.2) is 0 Å². The van der Waals surface area contributed by atoms with Crippen molar-refractivity contribution in [3.63, 3.8) is 0 Å². The van der Waals surface area contributed by atoms with Crippen molar-refractivity contribution in [2.75, 3.05) is 19.6 Å². The summed E-state index contributed by atoms with van der Waals surface area (Å²) >= 11 is 0. The molecule has 0 aromatic carbocycles. The van der Waals surface area contributed by atoms with E-state index < -0.39 is 0 Å². The minimum absolute atomic E-state index is 0.713. The van der Waals surface area contributed by atoms with Crippen LogP contribution < -0.4 is 5.32 Å². The minimum atomic E-state index is 0.713. The summed E-state index contributed by atoms with van der Waals surface area (Å²) in [5.74, 6) is 0.747. The van der Waals surface area contributed by atoms with Crippen LogP contribution in [0.3, 0.4) is 0 Å². The third-order valence-electron chi connectivity index (χ3n) is 4.38. The van der Waals surface area contributed by atoms with Crippen LogP contribution in [0.1, 0.15) is 66.2 Å². The lowest BCUT2D eigenvalue weighted by atomic mass is 9.91. The van der Waals surface area contributed by atoms with E-state index in [4.69, 9.17) is 0 Å². The average Bonchev–Trinajstić information content (AvgIpc) is 2.39. The highest BCUT2D eigenvalue weighted by atomic mass is 15.2. The quantitative estimate of drug-likeness (QED) is 0.665. The second-order valence-electron chi connectivity index (χ2n) is 6.14. The van der Waals surface area contributed by atoms with E-state index in [0.29, 0.717) is 6.04 Å². The van der Waals surface area contributed by atoms with Crippen LogP contribution in [-0.4, -0.2) is 36.6 Å². The lowest BCUT2D eigenvalue weighted by Gasteiger charge is -2.41. The van der Waals surface area contributed by atoms with Crippen molar-refractivity contribution in [3.05, 3.63) is 0 Å². The Balaban J connectivity index is 2.54. The summed E-state index contributed by atoms with van der Waals surface area (Å²) in [7, 11) is 0. The molecule has 0 aliphatic heterocycles. The maximum Gasteiger partial charge on any atom is 0.0246 e. The van der Waals surface area contributed by atoms with Gasteiger partial charge in [-0.1, -0.05) is 47.0 Å². The molecule has 0 bridgehead atoms. The molecule has 1 atom stereocenters. The van der Waals surface area contributed by atoms with Crippen LogP contribution in [0.25, 0.3) is 0 Å². The van der Waals surface area contributed by atoms with E-state index in [-0.39, 0.29) is 0 Å². The Hall–Kier alpha value is -0.0800. The van der Waals surface area contributed by atoms with Gasteiger partial charge in [0.2, 0.25) is 0 Å². The Morgan fingerprint density at radius 3 is 2.28 bits per heavy atom. The molecule has 0 spiro atoms. The molecule has 1 unspecified atom stereocenters. The standard InChI is InChI=1S/C16H34N2/c1-5-12-17-13-16(14(3)4)18(6-2)15-10-8-7-9-11-15/h14-17H,5-13H2,1-4H3. The van der Waals surface area contributed by atoms with Crippen molar-refractivity contribution >= 4 is 0 Å². The van der Waals surface area contributed by atoms with Crippen LogP contribution in [0, 0.1) is 5.92 Å². The lowest BCUT2D eigenvalue weighted by molar-refractivity contribution is 0.0829. The summed E-state index contributed by atoms with van der Waals surface area (Å²) in [5.41, 5.74) is 0. The van der Waals surface area contributed by atoms with Crippen LogP contribution in [0.15, 0.2) is 0 Å². The fraction of sp³-hybridized carbons (Fsp3) is 1.00. The van der Waals surface area contributed by atoms with Gasteiger partial charge in [0.05, 0.1) is 0 Å². The molecule has 1 aliphatic carbocycles. The topological polar surface area (TPSA) is 15.3 Å². The zero-order valence-corrected chi connectivity index (χ0v) is 13.0. The van der Waals surface area contributed by atoms with Gasteiger partial charge in [0, 0.05) is 18.6 Å². The number of likely N-dealkylation sites (N-methyl/N-ethyl adjacent to an activating group) is 1. The molecular weight excluding hydrogens is 220 g/mol. The Labute approximate surface area is 115 Å². The van der Waals surface area contributed by atoms with Gasteiger partial charge in [-0.15, -0.1) is 0 Å². The molecule has 0 aromatic heterocycles. The molecular formula is C16H34N2.